The highest BCUT2D eigenvalue weighted by atomic mass is 16.5. The molecule has 3 aromatic carbocycles. The van der Waals surface area contributed by atoms with E-state index in [2.05, 4.69) is 71.2 Å². The van der Waals surface area contributed by atoms with E-state index in [4.69, 9.17) is 4.74 Å². The van der Waals surface area contributed by atoms with Crippen molar-refractivity contribution in [2.45, 2.75) is 49.0 Å². The maximum absolute atomic E-state index is 12.9. The standard InChI is InChI=1S/C32H30N2O3/c1-33-15-14-31-27-22-12-13-25(35)29(27)37-30(31)28-23(17-32(31,36)26(33)16-22)24(21-10-6-3-7-11-21)19-34(28)18-20-8-4-2-5-9-20/h2-13,19,26,30,35-36H,14-18H2,1H3/t26-,30+,31+,32-/m1/s1. The predicted octanol–water partition coefficient (Wildman–Crippen LogP) is 4.83. The van der Waals surface area contributed by atoms with Crippen LogP contribution in [0.5, 0.6) is 11.5 Å². The summed E-state index contributed by atoms with van der Waals surface area (Å²) in [6.45, 7) is 1.62. The van der Waals surface area contributed by atoms with E-state index in [1.807, 2.05) is 18.2 Å². The van der Waals surface area contributed by atoms with Crippen molar-refractivity contribution in [1.29, 1.82) is 0 Å². The number of aromatic hydroxyl groups is 1. The maximum Gasteiger partial charge on any atom is 0.166 e. The number of benzene rings is 3. The van der Waals surface area contributed by atoms with Crippen LogP contribution in [0.1, 0.15) is 40.5 Å². The van der Waals surface area contributed by atoms with Crippen molar-refractivity contribution in [2.24, 2.45) is 0 Å². The third-order valence-corrected chi connectivity index (χ3v) is 9.68. The molecule has 3 heterocycles. The van der Waals surface area contributed by atoms with Crippen LogP contribution in [0.4, 0.5) is 0 Å². The number of likely N-dealkylation sites (tertiary alicyclic amines) is 1. The Labute approximate surface area is 216 Å². The van der Waals surface area contributed by atoms with Crippen LogP contribution in [0.3, 0.4) is 0 Å². The lowest BCUT2D eigenvalue weighted by atomic mass is 9.49. The van der Waals surface area contributed by atoms with Crippen LogP contribution >= 0.6 is 0 Å². The van der Waals surface area contributed by atoms with E-state index in [0.717, 1.165) is 48.3 Å². The summed E-state index contributed by atoms with van der Waals surface area (Å²) < 4.78 is 9.16. The second-order valence-corrected chi connectivity index (χ2v) is 11.4. The number of aliphatic hydroxyl groups is 1. The van der Waals surface area contributed by atoms with Crippen molar-refractivity contribution in [3.8, 4) is 22.6 Å². The molecule has 37 heavy (non-hydrogen) atoms. The van der Waals surface area contributed by atoms with Gasteiger partial charge < -0.3 is 24.4 Å². The fourth-order valence-electron chi connectivity index (χ4n) is 8.08. The van der Waals surface area contributed by atoms with E-state index in [1.165, 1.54) is 16.7 Å². The van der Waals surface area contributed by atoms with E-state index in [9.17, 15) is 10.2 Å². The van der Waals surface area contributed by atoms with Crippen molar-refractivity contribution in [3.63, 3.8) is 0 Å². The maximum atomic E-state index is 12.9. The van der Waals surface area contributed by atoms with Gasteiger partial charge in [-0.15, -0.1) is 0 Å². The molecule has 0 saturated carbocycles. The number of phenols is 1. The molecule has 0 amide bonds. The summed E-state index contributed by atoms with van der Waals surface area (Å²) in [7, 11) is 2.14. The van der Waals surface area contributed by atoms with E-state index in [-0.39, 0.29) is 17.9 Å². The van der Waals surface area contributed by atoms with Crippen LogP contribution in [-0.2, 0) is 24.8 Å². The number of likely N-dealkylation sites (N-methyl/N-ethyl adjacent to an activating group) is 1. The largest absolute Gasteiger partial charge is 0.504 e. The number of ether oxygens (including phenoxy) is 1. The van der Waals surface area contributed by atoms with Crippen molar-refractivity contribution in [3.05, 3.63) is 107 Å². The highest BCUT2D eigenvalue weighted by Crippen LogP contribution is 2.69. The lowest BCUT2D eigenvalue weighted by molar-refractivity contribution is -0.168. The molecule has 2 N–H and O–H groups in total. The lowest BCUT2D eigenvalue weighted by Crippen LogP contribution is -2.74. The number of rotatable bonds is 3. The SMILES string of the molecule is CN1CC[C@]23c4c5ccc(O)c4O[C@H]2c2c(c(-c4ccccc4)cn2Cc2ccccc2)C[C@@]3(O)[C@H]1C5. The molecule has 5 nitrogen and oxygen atoms in total. The zero-order valence-electron chi connectivity index (χ0n) is 20.9. The quantitative estimate of drug-likeness (QED) is 0.432. The van der Waals surface area contributed by atoms with Crippen LogP contribution in [0, 0.1) is 0 Å². The van der Waals surface area contributed by atoms with Gasteiger partial charge in [-0.1, -0.05) is 66.7 Å². The van der Waals surface area contributed by atoms with Gasteiger partial charge >= 0.3 is 0 Å². The molecule has 1 fully saturated rings. The first kappa shape index (κ1) is 21.5. The Balaban J connectivity index is 1.42. The second-order valence-electron chi connectivity index (χ2n) is 11.4. The Morgan fingerprint density at radius 2 is 1.76 bits per heavy atom. The molecule has 4 atom stereocenters. The Morgan fingerprint density at radius 1 is 1.00 bits per heavy atom. The number of phenolic OH excluding ortho intramolecular Hbond substituents is 1. The normalized spacial score (nSPS) is 28.9. The third kappa shape index (κ3) is 2.61. The van der Waals surface area contributed by atoms with Gasteiger partial charge in [0.15, 0.2) is 17.6 Å². The van der Waals surface area contributed by atoms with Crippen LogP contribution in [0.25, 0.3) is 11.1 Å². The molecule has 2 aliphatic carbocycles. The Hall–Kier alpha value is -3.54. The molecule has 4 aliphatic rings. The second kappa shape index (κ2) is 7.27. The van der Waals surface area contributed by atoms with Crippen molar-refractivity contribution in [1.82, 2.24) is 9.47 Å². The summed E-state index contributed by atoms with van der Waals surface area (Å²) in [4.78, 5) is 2.34. The first-order valence-electron chi connectivity index (χ1n) is 13.3. The summed E-state index contributed by atoms with van der Waals surface area (Å²) in [5, 5.41) is 23.8. The third-order valence-electron chi connectivity index (χ3n) is 9.68. The van der Waals surface area contributed by atoms with Gasteiger partial charge in [0.1, 0.15) is 0 Å². The minimum atomic E-state index is -0.994. The molecule has 8 rings (SSSR count). The summed E-state index contributed by atoms with van der Waals surface area (Å²) in [5.41, 5.74) is 6.51. The number of hydrogen-bond acceptors (Lipinski definition) is 4. The smallest absolute Gasteiger partial charge is 0.166 e. The molecular weight excluding hydrogens is 460 g/mol. The molecule has 4 aromatic rings. The topological polar surface area (TPSA) is 57.9 Å². The van der Waals surface area contributed by atoms with Gasteiger partial charge in [0.2, 0.25) is 0 Å². The predicted molar refractivity (Wildman–Crippen MR) is 142 cm³/mol. The van der Waals surface area contributed by atoms with Crippen LogP contribution in [0.2, 0.25) is 0 Å². The van der Waals surface area contributed by atoms with E-state index in [1.54, 1.807) is 6.07 Å². The summed E-state index contributed by atoms with van der Waals surface area (Å²) in [5.74, 6) is 0.749. The Bertz CT molecular complexity index is 1550. The van der Waals surface area contributed by atoms with Crippen LogP contribution in [0.15, 0.2) is 79.0 Å². The molecular formula is C32H30N2O3. The first-order chi connectivity index (χ1) is 18.0. The highest BCUT2D eigenvalue weighted by Gasteiger charge is 2.72. The molecule has 1 spiro atoms. The average molecular weight is 491 g/mol. The van der Waals surface area contributed by atoms with Gasteiger partial charge in [-0.25, -0.2) is 0 Å². The number of nitrogens with zero attached hydrogens (tertiary/aromatic N) is 2. The van der Waals surface area contributed by atoms with Crippen molar-refractivity contribution in [2.75, 3.05) is 13.6 Å². The van der Waals surface area contributed by atoms with E-state index < -0.39 is 11.0 Å². The number of aromatic nitrogens is 1. The van der Waals surface area contributed by atoms with E-state index >= 15 is 0 Å². The van der Waals surface area contributed by atoms with Gasteiger partial charge in [-0.05, 0) is 54.8 Å². The fourth-order valence-corrected chi connectivity index (χ4v) is 8.08. The molecule has 1 aromatic heterocycles. The Morgan fingerprint density at radius 3 is 2.54 bits per heavy atom. The van der Waals surface area contributed by atoms with Gasteiger partial charge in [-0.3, -0.25) is 0 Å². The first-order valence-corrected chi connectivity index (χ1v) is 13.3. The fraction of sp³-hybridized carbons (Fsp3) is 0.312. The zero-order valence-corrected chi connectivity index (χ0v) is 20.9. The summed E-state index contributed by atoms with van der Waals surface area (Å²) >= 11 is 0. The number of fused-ring (bicyclic) bond motifs is 2. The summed E-state index contributed by atoms with van der Waals surface area (Å²) in [6.07, 6.45) is 4.01. The lowest BCUT2D eigenvalue weighted by Gasteiger charge is -2.62. The molecule has 0 unspecified atom stereocenters. The molecule has 186 valence electrons. The van der Waals surface area contributed by atoms with Gasteiger partial charge in [0.25, 0.3) is 0 Å². The highest BCUT2D eigenvalue weighted by molar-refractivity contribution is 5.73. The zero-order chi connectivity index (χ0) is 24.9. The average Bonchev–Trinajstić information content (AvgIpc) is 3.44. The van der Waals surface area contributed by atoms with Gasteiger partial charge in [-0.2, -0.15) is 0 Å². The number of piperidine rings is 1. The summed E-state index contributed by atoms with van der Waals surface area (Å²) in [6, 6.07) is 24.8. The minimum Gasteiger partial charge on any atom is -0.504 e. The molecule has 1 saturated heterocycles. The van der Waals surface area contributed by atoms with Crippen molar-refractivity contribution >= 4 is 0 Å². The van der Waals surface area contributed by atoms with Crippen LogP contribution < -0.4 is 4.74 Å². The molecule has 0 radical (unpaired) electrons. The van der Waals surface area contributed by atoms with E-state index in [0.29, 0.717) is 12.2 Å². The molecule has 2 bridgehead atoms. The van der Waals surface area contributed by atoms with Gasteiger partial charge in [0.05, 0.1) is 16.7 Å². The van der Waals surface area contributed by atoms with Crippen LogP contribution in [-0.4, -0.2) is 44.9 Å². The minimum absolute atomic E-state index is 0.00964. The number of hydrogen-bond donors (Lipinski definition) is 2. The monoisotopic (exact) mass is 490 g/mol. The van der Waals surface area contributed by atoms with Crippen molar-refractivity contribution < 1.29 is 14.9 Å². The molecule has 2 aliphatic heterocycles. The Kier molecular flexibility index (Phi) is 4.23. The molecule has 5 heteroatoms. The van der Waals surface area contributed by atoms with Gasteiger partial charge in [0, 0.05) is 36.3 Å².